The highest BCUT2D eigenvalue weighted by molar-refractivity contribution is 6.00. The van der Waals surface area contributed by atoms with Crippen LogP contribution in [0.15, 0.2) is 42.5 Å². The van der Waals surface area contributed by atoms with E-state index in [0.717, 1.165) is 39.8 Å². The van der Waals surface area contributed by atoms with Crippen molar-refractivity contribution in [2.75, 3.05) is 6.61 Å². The van der Waals surface area contributed by atoms with Crippen LogP contribution < -0.4 is 9.47 Å². The second-order valence-electron chi connectivity index (χ2n) is 8.73. The summed E-state index contributed by atoms with van der Waals surface area (Å²) in [5, 5.41) is 21.6. The molecule has 40 heavy (non-hydrogen) atoms. The summed E-state index contributed by atoms with van der Waals surface area (Å²) >= 11 is 0. The largest absolute Gasteiger partial charge is 0.507 e. The lowest BCUT2D eigenvalue weighted by molar-refractivity contribution is -0.285. The van der Waals surface area contributed by atoms with E-state index in [0.29, 0.717) is 0 Å². The molecule has 0 amide bonds. The number of aromatic hydroxyl groups is 1. The third kappa shape index (κ3) is 7.55. The van der Waals surface area contributed by atoms with Crippen LogP contribution in [0.5, 0.6) is 17.2 Å². The Morgan fingerprint density at radius 3 is 2.08 bits per heavy atom. The number of benzene rings is 2. The number of Topliss-reactive ketones (excluding diaryl/α,β-unsaturated/α-hetero) is 1. The minimum atomic E-state index is -1.81. The normalized spacial score (nSPS) is 22.0. The fraction of sp³-hybridized carbons (Fsp3) is 0.370. The van der Waals surface area contributed by atoms with Crippen LogP contribution in [-0.2, 0) is 33.3 Å². The Balaban J connectivity index is 1.98. The molecule has 1 aliphatic rings. The maximum Gasteiger partial charge on any atom is 0.343 e. The molecule has 0 unspecified atom stereocenters. The van der Waals surface area contributed by atoms with Crippen LogP contribution in [0.25, 0.3) is 0 Å². The van der Waals surface area contributed by atoms with Crippen molar-refractivity contribution in [3.63, 3.8) is 0 Å². The van der Waals surface area contributed by atoms with Crippen molar-refractivity contribution >= 4 is 29.7 Å². The van der Waals surface area contributed by atoms with Gasteiger partial charge in [0, 0.05) is 32.9 Å². The lowest BCUT2D eigenvalue weighted by atomic mass is 9.98. The Morgan fingerprint density at radius 1 is 0.875 bits per heavy atom. The highest BCUT2D eigenvalue weighted by Gasteiger charge is 2.51. The molecule has 3 rings (SSSR count). The van der Waals surface area contributed by atoms with Gasteiger partial charge < -0.3 is 38.6 Å². The number of aliphatic hydroxyl groups excluding tert-OH is 1. The number of phenols is 1. The van der Waals surface area contributed by atoms with Crippen molar-refractivity contribution in [3.8, 4) is 17.2 Å². The number of aliphatic hydroxyl groups is 1. The molecule has 214 valence electrons. The number of hydrogen-bond donors (Lipinski definition) is 2. The average molecular weight is 561 g/mol. The molecule has 1 aliphatic heterocycles. The molecule has 2 N–H and O–H groups in total. The summed E-state index contributed by atoms with van der Waals surface area (Å²) in [6.45, 7) is 3.90. The standard InChI is InChI=1S/C27H28O13/c1-13(28)22-19(32)10-18(38-26(34)17-8-6-5-7-9-17)11-20(22)39-27-23(33)25(37-16(4)31)24(36-15(3)30)21(40-27)12-35-14(2)29/h5-11,21,23-25,27,32-33H,12H2,1-4H3/t21-,23+,24+,25-,27-/m0/s1. The number of carbonyl (C=O) groups is 5. The van der Waals surface area contributed by atoms with Crippen molar-refractivity contribution in [2.45, 2.75) is 58.4 Å². The van der Waals surface area contributed by atoms with E-state index in [1.54, 1.807) is 18.2 Å². The van der Waals surface area contributed by atoms with Crippen molar-refractivity contribution in [3.05, 3.63) is 53.6 Å². The summed E-state index contributed by atoms with van der Waals surface area (Å²) in [4.78, 5) is 59.9. The van der Waals surface area contributed by atoms with Crippen LogP contribution in [0.3, 0.4) is 0 Å². The summed E-state index contributed by atoms with van der Waals surface area (Å²) in [5.74, 6) is -4.92. The second kappa shape index (κ2) is 13.0. The van der Waals surface area contributed by atoms with E-state index in [4.69, 9.17) is 28.4 Å². The van der Waals surface area contributed by atoms with Crippen LogP contribution in [-0.4, -0.2) is 77.2 Å². The topological polar surface area (TPSA) is 181 Å². The predicted molar refractivity (Wildman–Crippen MR) is 133 cm³/mol. The SMILES string of the molecule is CC(=O)OC[C@@H]1O[C@H](Oc2cc(OC(=O)c3ccccc3)cc(O)c2C(C)=O)[C@H](O)[C@H](OC(C)=O)[C@@H]1OC(C)=O. The predicted octanol–water partition coefficient (Wildman–Crippen LogP) is 1.71. The minimum absolute atomic E-state index is 0.206. The Hall–Kier alpha value is -4.49. The summed E-state index contributed by atoms with van der Waals surface area (Å²) in [7, 11) is 0. The number of hydrogen-bond acceptors (Lipinski definition) is 13. The van der Waals surface area contributed by atoms with Gasteiger partial charge in [0.1, 0.15) is 35.5 Å². The maximum atomic E-state index is 12.5. The zero-order valence-electron chi connectivity index (χ0n) is 22.0. The molecule has 2 aromatic carbocycles. The fourth-order valence-corrected chi connectivity index (χ4v) is 3.93. The number of esters is 4. The molecule has 0 radical (unpaired) electrons. The Kier molecular flexibility index (Phi) is 9.80. The number of carbonyl (C=O) groups excluding carboxylic acids is 5. The van der Waals surface area contributed by atoms with E-state index in [2.05, 4.69) is 0 Å². The number of phenolic OH excluding ortho intramolecular Hbond substituents is 1. The molecule has 2 aromatic rings. The molecule has 0 bridgehead atoms. The Labute approximate surface area is 228 Å². The molecule has 5 atom stereocenters. The first-order chi connectivity index (χ1) is 18.9. The summed E-state index contributed by atoms with van der Waals surface area (Å²) in [5.41, 5.74) is -0.127. The third-order valence-corrected chi connectivity index (χ3v) is 5.54. The van der Waals surface area contributed by atoms with E-state index in [-0.39, 0.29) is 22.6 Å². The average Bonchev–Trinajstić information content (AvgIpc) is 2.86. The van der Waals surface area contributed by atoms with E-state index in [9.17, 15) is 34.2 Å². The minimum Gasteiger partial charge on any atom is -0.507 e. The Morgan fingerprint density at radius 2 is 1.50 bits per heavy atom. The number of ketones is 1. The number of rotatable bonds is 9. The van der Waals surface area contributed by atoms with Gasteiger partial charge in [-0.1, -0.05) is 18.2 Å². The smallest absolute Gasteiger partial charge is 0.343 e. The van der Waals surface area contributed by atoms with Gasteiger partial charge in [-0.3, -0.25) is 19.2 Å². The molecule has 1 fully saturated rings. The summed E-state index contributed by atoms with van der Waals surface area (Å²) in [6, 6.07) is 10.1. The van der Waals surface area contributed by atoms with Crippen LogP contribution in [0.1, 0.15) is 48.4 Å². The molecule has 13 nitrogen and oxygen atoms in total. The van der Waals surface area contributed by atoms with Gasteiger partial charge in [-0.2, -0.15) is 0 Å². The van der Waals surface area contributed by atoms with Crippen molar-refractivity contribution < 1.29 is 62.6 Å². The van der Waals surface area contributed by atoms with E-state index in [1.807, 2.05) is 0 Å². The van der Waals surface area contributed by atoms with Gasteiger partial charge in [-0.05, 0) is 19.1 Å². The van der Waals surface area contributed by atoms with E-state index >= 15 is 0 Å². The third-order valence-electron chi connectivity index (χ3n) is 5.54. The first kappa shape index (κ1) is 30.1. The molecular formula is C27H28O13. The van der Waals surface area contributed by atoms with E-state index in [1.165, 1.54) is 12.1 Å². The lowest BCUT2D eigenvalue weighted by Crippen LogP contribution is -2.62. The van der Waals surface area contributed by atoms with Gasteiger partial charge in [0.25, 0.3) is 0 Å². The first-order valence-electron chi connectivity index (χ1n) is 12.0. The van der Waals surface area contributed by atoms with Crippen LogP contribution in [0.4, 0.5) is 0 Å². The fourth-order valence-electron chi connectivity index (χ4n) is 3.93. The van der Waals surface area contributed by atoms with Gasteiger partial charge in [0.05, 0.1) is 5.56 Å². The van der Waals surface area contributed by atoms with Crippen molar-refractivity contribution in [2.24, 2.45) is 0 Å². The molecule has 0 aromatic heterocycles. The molecule has 13 heteroatoms. The Bertz CT molecular complexity index is 1270. The molecule has 0 aliphatic carbocycles. The molecular weight excluding hydrogens is 532 g/mol. The highest BCUT2D eigenvalue weighted by atomic mass is 16.7. The quantitative estimate of drug-likeness (QED) is 0.196. The number of ether oxygens (including phenoxy) is 6. The first-order valence-corrected chi connectivity index (χ1v) is 12.0. The maximum absolute atomic E-state index is 12.5. The molecule has 0 saturated carbocycles. The monoisotopic (exact) mass is 560 g/mol. The van der Waals surface area contributed by atoms with Gasteiger partial charge in [-0.25, -0.2) is 4.79 Å². The van der Waals surface area contributed by atoms with E-state index < -0.39 is 72.7 Å². The van der Waals surface area contributed by atoms with Gasteiger partial charge in [0.2, 0.25) is 6.29 Å². The van der Waals surface area contributed by atoms with Crippen LogP contribution >= 0.6 is 0 Å². The molecule has 1 saturated heterocycles. The summed E-state index contributed by atoms with van der Waals surface area (Å²) < 4.78 is 32.2. The second-order valence-corrected chi connectivity index (χ2v) is 8.73. The van der Waals surface area contributed by atoms with Crippen LogP contribution in [0.2, 0.25) is 0 Å². The van der Waals surface area contributed by atoms with Crippen molar-refractivity contribution in [1.82, 2.24) is 0 Å². The zero-order chi connectivity index (χ0) is 29.6. The van der Waals surface area contributed by atoms with Gasteiger partial charge in [0.15, 0.2) is 24.1 Å². The summed E-state index contributed by atoms with van der Waals surface area (Å²) in [6.07, 6.45) is -7.77. The zero-order valence-corrected chi connectivity index (χ0v) is 22.0. The molecule has 0 spiro atoms. The van der Waals surface area contributed by atoms with Crippen molar-refractivity contribution in [1.29, 1.82) is 0 Å². The van der Waals surface area contributed by atoms with Gasteiger partial charge >= 0.3 is 23.9 Å². The highest BCUT2D eigenvalue weighted by Crippen LogP contribution is 2.37. The van der Waals surface area contributed by atoms with Gasteiger partial charge in [-0.15, -0.1) is 0 Å². The van der Waals surface area contributed by atoms with Crippen LogP contribution in [0, 0.1) is 0 Å². The molecule has 1 heterocycles. The lowest BCUT2D eigenvalue weighted by Gasteiger charge is -2.42.